The van der Waals surface area contributed by atoms with E-state index in [9.17, 15) is 4.79 Å². The van der Waals surface area contributed by atoms with E-state index in [1.165, 1.54) is 0 Å². The van der Waals surface area contributed by atoms with Crippen molar-refractivity contribution in [1.82, 2.24) is 5.32 Å². The number of rotatable bonds is 7. The molecule has 1 heterocycles. The predicted molar refractivity (Wildman–Crippen MR) is 79.9 cm³/mol. The largest absolute Gasteiger partial charge is 0.493 e. The molecular weight excluding hydrogens is 270 g/mol. The van der Waals surface area contributed by atoms with Gasteiger partial charge in [0.1, 0.15) is 0 Å². The summed E-state index contributed by atoms with van der Waals surface area (Å²) >= 11 is 0. The third kappa shape index (κ3) is 4.63. The number of ether oxygens (including phenoxy) is 3. The fraction of sp³-hybridized carbons (Fsp3) is 0.562. The molecule has 5 nitrogen and oxygen atoms in total. The first-order valence-electron chi connectivity index (χ1n) is 7.32. The standard InChI is InChI=1S/C16H23NO4/c1-19-14-6-5-12(10-15(14)20-2)11-16(18)17-8-7-13-4-3-9-21-13/h5-6,10,13H,3-4,7-9,11H2,1-2H3,(H,17,18). The molecule has 2 rings (SSSR count). The maximum absolute atomic E-state index is 11.9. The number of benzene rings is 1. The zero-order valence-corrected chi connectivity index (χ0v) is 12.7. The second-order valence-electron chi connectivity index (χ2n) is 5.14. The van der Waals surface area contributed by atoms with E-state index in [0.717, 1.165) is 31.4 Å². The van der Waals surface area contributed by atoms with Crippen LogP contribution in [0, 0.1) is 0 Å². The van der Waals surface area contributed by atoms with Gasteiger partial charge in [-0.2, -0.15) is 0 Å². The molecule has 1 fully saturated rings. The molecule has 1 aliphatic rings. The highest BCUT2D eigenvalue weighted by molar-refractivity contribution is 5.78. The second kappa shape index (κ2) is 7.88. The van der Waals surface area contributed by atoms with E-state index in [0.29, 0.717) is 30.6 Å². The maximum Gasteiger partial charge on any atom is 0.224 e. The zero-order chi connectivity index (χ0) is 15.1. The molecule has 0 saturated carbocycles. The van der Waals surface area contributed by atoms with Gasteiger partial charge in [0.15, 0.2) is 11.5 Å². The van der Waals surface area contributed by atoms with Crippen LogP contribution in [0.25, 0.3) is 0 Å². The summed E-state index contributed by atoms with van der Waals surface area (Å²) in [6.45, 7) is 1.51. The SMILES string of the molecule is COc1ccc(CC(=O)NCCC2CCCO2)cc1OC. The minimum Gasteiger partial charge on any atom is -0.493 e. The number of nitrogens with one attached hydrogen (secondary N) is 1. The van der Waals surface area contributed by atoms with Gasteiger partial charge in [0.05, 0.1) is 26.7 Å². The Balaban J connectivity index is 1.78. The Hall–Kier alpha value is -1.75. The van der Waals surface area contributed by atoms with Crippen LogP contribution in [0.2, 0.25) is 0 Å². The Kier molecular flexibility index (Phi) is 5.87. The normalized spacial score (nSPS) is 17.5. The van der Waals surface area contributed by atoms with Crippen LogP contribution in [-0.4, -0.2) is 39.4 Å². The van der Waals surface area contributed by atoms with Crippen LogP contribution >= 0.6 is 0 Å². The number of methoxy groups -OCH3 is 2. The van der Waals surface area contributed by atoms with Crippen molar-refractivity contribution < 1.29 is 19.0 Å². The molecule has 0 aromatic heterocycles. The molecule has 0 radical (unpaired) electrons. The molecule has 1 aliphatic heterocycles. The molecule has 0 bridgehead atoms. The minimum atomic E-state index is 0.0141. The van der Waals surface area contributed by atoms with Crippen LogP contribution in [-0.2, 0) is 16.0 Å². The third-order valence-electron chi connectivity index (χ3n) is 3.63. The number of hydrogen-bond donors (Lipinski definition) is 1. The first-order valence-corrected chi connectivity index (χ1v) is 7.32. The Morgan fingerprint density at radius 2 is 2.14 bits per heavy atom. The molecule has 1 unspecified atom stereocenters. The second-order valence-corrected chi connectivity index (χ2v) is 5.14. The first kappa shape index (κ1) is 15.6. The van der Waals surface area contributed by atoms with Gasteiger partial charge in [0, 0.05) is 13.2 Å². The number of hydrogen-bond acceptors (Lipinski definition) is 4. The van der Waals surface area contributed by atoms with Gasteiger partial charge in [-0.25, -0.2) is 0 Å². The van der Waals surface area contributed by atoms with E-state index in [1.807, 2.05) is 18.2 Å². The van der Waals surface area contributed by atoms with Crippen molar-refractivity contribution in [2.45, 2.75) is 31.8 Å². The van der Waals surface area contributed by atoms with Crippen LogP contribution < -0.4 is 14.8 Å². The summed E-state index contributed by atoms with van der Waals surface area (Å²) in [6, 6.07) is 5.52. The third-order valence-corrected chi connectivity index (χ3v) is 3.63. The van der Waals surface area contributed by atoms with Crippen molar-refractivity contribution >= 4 is 5.91 Å². The highest BCUT2D eigenvalue weighted by Crippen LogP contribution is 2.27. The summed E-state index contributed by atoms with van der Waals surface area (Å²) in [5.74, 6) is 1.32. The van der Waals surface area contributed by atoms with Crippen molar-refractivity contribution in [2.75, 3.05) is 27.4 Å². The van der Waals surface area contributed by atoms with E-state index in [1.54, 1.807) is 14.2 Å². The molecule has 21 heavy (non-hydrogen) atoms. The molecule has 1 aromatic carbocycles. The summed E-state index contributed by atoms with van der Waals surface area (Å²) in [6.07, 6.45) is 3.77. The molecule has 0 aliphatic carbocycles. The molecular formula is C16H23NO4. The molecule has 1 saturated heterocycles. The van der Waals surface area contributed by atoms with Gasteiger partial charge in [-0.3, -0.25) is 4.79 Å². The van der Waals surface area contributed by atoms with Gasteiger partial charge >= 0.3 is 0 Å². The lowest BCUT2D eigenvalue weighted by atomic mass is 10.1. The highest BCUT2D eigenvalue weighted by atomic mass is 16.5. The van der Waals surface area contributed by atoms with E-state index < -0.39 is 0 Å². The van der Waals surface area contributed by atoms with Crippen molar-refractivity contribution in [3.8, 4) is 11.5 Å². The van der Waals surface area contributed by atoms with Crippen LogP contribution in [0.15, 0.2) is 18.2 Å². The maximum atomic E-state index is 11.9. The lowest BCUT2D eigenvalue weighted by Gasteiger charge is -2.11. The highest BCUT2D eigenvalue weighted by Gasteiger charge is 2.15. The van der Waals surface area contributed by atoms with Crippen LogP contribution in [0.3, 0.4) is 0 Å². The van der Waals surface area contributed by atoms with E-state index in [2.05, 4.69) is 5.32 Å². The molecule has 1 aromatic rings. The molecule has 1 N–H and O–H groups in total. The number of amides is 1. The molecule has 1 atom stereocenters. The van der Waals surface area contributed by atoms with Gasteiger partial charge in [-0.15, -0.1) is 0 Å². The molecule has 116 valence electrons. The van der Waals surface area contributed by atoms with Gasteiger partial charge < -0.3 is 19.5 Å². The average Bonchev–Trinajstić information content (AvgIpc) is 3.00. The molecule has 5 heteroatoms. The topological polar surface area (TPSA) is 56.8 Å². The summed E-state index contributed by atoms with van der Waals surface area (Å²) in [4.78, 5) is 11.9. The summed E-state index contributed by atoms with van der Waals surface area (Å²) < 4.78 is 15.9. The quantitative estimate of drug-likeness (QED) is 0.834. The zero-order valence-electron chi connectivity index (χ0n) is 12.7. The van der Waals surface area contributed by atoms with Gasteiger partial charge in [0.25, 0.3) is 0 Å². The summed E-state index contributed by atoms with van der Waals surface area (Å²) in [7, 11) is 3.18. The van der Waals surface area contributed by atoms with Crippen LogP contribution in [0.5, 0.6) is 11.5 Å². The van der Waals surface area contributed by atoms with Crippen LogP contribution in [0.1, 0.15) is 24.8 Å². The van der Waals surface area contributed by atoms with Gasteiger partial charge in [-0.1, -0.05) is 6.07 Å². The van der Waals surface area contributed by atoms with Gasteiger partial charge in [-0.05, 0) is 37.0 Å². The minimum absolute atomic E-state index is 0.0141. The lowest BCUT2D eigenvalue weighted by molar-refractivity contribution is -0.120. The van der Waals surface area contributed by atoms with E-state index in [-0.39, 0.29) is 5.91 Å². The molecule has 0 spiro atoms. The fourth-order valence-corrected chi connectivity index (χ4v) is 2.48. The van der Waals surface area contributed by atoms with E-state index >= 15 is 0 Å². The molecule has 1 amide bonds. The average molecular weight is 293 g/mol. The Morgan fingerprint density at radius 1 is 1.33 bits per heavy atom. The van der Waals surface area contributed by atoms with E-state index in [4.69, 9.17) is 14.2 Å². The van der Waals surface area contributed by atoms with Crippen molar-refractivity contribution in [1.29, 1.82) is 0 Å². The lowest BCUT2D eigenvalue weighted by Crippen LogP contribution is -2.28. The van der Waals surface area contributed by atoms with Crippen molar-refractivity contribution in [3.63, 3.8) is 0 Å². The first-order chi connectivity index (χ1) is 10.2. The Labute approximate surface area is 125 Å². The number of carbonyl (C=O) groups is 1. The predicted octanol–water partition coefficient (Wildman–Crippen LogP) is 1.93. The Morgan fingerprint density at radius 3 is 2.81 bits per heavy atom. The summed E-state index contributed by atoms with van der Waals surface area (Å²) in [5.41, 5.74) is 0.905. The number of carbonyl (C=O) groups excluding carboxylic acids is 1. The van der Waals surface area contributed by atoms with Crippen molar-refractivity contribution in [3.05, 3.63) is 23.8 Å². The Bertz CT molecular complexity index is 469. The fourth-order valence-electron chi connectivity index (χ4n) is 2.48. The van der Waals surface area contributed by atoms with Crippen molar-refractivity contribution in [2.24, 2.45) is 0 Å². The van der Waals surface area contributed by atoms with Crippen LogP contribution in [0.4, 0.5) is 0 Å². The van der Waals surface area contributed by atoms with Gasteiger partial charge in [0.2, 0.25) is 5.91 Å². The smallest absolute Gasteiger partial charge is 0.224 e. The summed E-state index contributed by atoms with van der Waals surface area (Å²) in [5, 5.41) is 2.93. The monoisotopic (exact) mass is 293 g/mol.